The average molecular weight is 343 g/mol. The van der Waals surface area contributed by atoms with Crippen LogP contribution in [0.25, 0.3) is 0 Å². The molecule has 5 nitrogen and oxygen atoms in total. The van der Waals surface area contributed by atoms with Crippen molar-refractivity contribution in [2.24, 2.45) is 0 Å². The zero-order chi connectivity index (χ0) is 17.9. The zero-order valence-electron chi connectivity index (χ0n) is 15.5. The van der Waals surface area contributed by atoms with Crippen molar-refractivity contribution in [2.45, 2.75) is 71.1 Å². The van der Waals surface area contributed by atoms with Crippen molar-refractivity contribution in [1.82, 2.24) is 15.0 Å². The van der Waals surface area contributed by atoms with Crippen LogP contribution in [0.15, 0.2) is 28.8 Å². The molecule has 1 fully saturated rings. The molecule has 0 spiro atoms. The second-order valence-corrected chi connectivity index (χ2v) is 7.79. The lowest BCUT2D eigenvalue weighted by Gasteiger charge is -2.33. The first-order valence-electron chi connectivity index (χ1n) is 9.25. The Labute approximate surface area is 150 Å². The maximum Gasteiger partial charge on any atom is 0.243 e. The molecule has 0 unspecified atom stereocenters. The molecule has 5 heteroatoms. The first-order chi connectivity index (χ1) is 11.9. The minimum absolute atomic E-state index is 0.227. The summed E-state index contributed by atoms with van der Waals surface area (Å²) in [4.78, 5) is 6.89. The molecule has 1 aromatic carbocycles. The van der Waals surface area contributed by atoms with Gasteiger partial charge in [0.15, 0.2) is 5.82 Å². The fourth-order valence-corrected chi connectivity index (χ4v) is 3.40. The minimum Gasteiger partial charge on any atom is -0.390 e. The number of hydrogen-bond acceptors (Lipinski definition) is 5. The molecule has 2 heterocycles. The van der Waals surface area contributed by atoms with Crippen LogP contribution in [0.2, 0.25) is 0 Å². The molecule has 136 valence electrons. The molecule has 3 rings (SSSR count). The predicted octanol–water partition coefficient (Wildman–Crippen LogP) is 3.81. The third-order valence-electron chi connectivity index (χ3n) is 4.88. The Hall–Kier alpha value is -1.72. The molecule has 0 amide bonds. The average Bonchev–Trinajstić information content (AvgIpc) is 3.00. The fourth-order valence-electron chi connectivity index (χ4n) is 3.40. The Morgan fingerprint density at radius 3 is 2.56 bits per heavy atom. The Morgan fingerprint density at radius 2 is 1.92 bits per heavy atom. The van der Waals surface area contributed by atoms with Gasteiger partial charge in [0.25, 0.3) is 0 Å². The van der Waals surface area contributed by atoms with Crippen LogP contribution in [0.5, 0.6) is 0 Å². The SMILES string of the molecule is Cc1noc([C@H]2CCCCN2Cc2ccc(CCC(C)(C)O)cc2)n1. The summed E-state index contributed by atoms with van der Waals surface area (Å²) < 4.78 is 5.43. The van der Waals surface area contributed by atoms with Gasteiger partial charge in [0, 0.05) is 6.54 Å². The lowest BCUT2D eigenvalue weighted by molar-refractivity contribution is 0.0714. The summed E-state index contributed by atoms with van der Waals surface area (Å²) in [5, 5.41) is 13.8. The van der Waals surface area contributed by atoms with Gasteiger partial charge in [0.2, 0.25) is 5.89 Å². The van der Waals surface area contributed by atoms with Crippen molar-refractivity contribution >= 4 is 0 Å². The molecule has 1 aromatic heterocycles. The van der Waals surface area contributed by atoms with E-state index in [0.717, 1.165) is 38.2 Å². The third-order valence-corrected chi connectivity index (χ3v) is 4.88. The number of hydrogen-bond donors (Lipinski definition) is 1. The highest BCUT2D eigenvalue weighted by molar-refractivity contribution is 5.23. The topological polar surface area (TPSA) is 62.4 Å². The van der Waals surface area contributed by atoms with Crippen molar-refractivity contribution in [3.8, 4) is 0 Å². The van der Waals surface area contributed by atoms with Gasteiger partial charge in [-0.2, -0.15) is 4.98 Å². The second-order valence-electron chi connectivity index (χ2n) is 7.79. The van der Waals surface area contributed by atoms with Gasteiger partial charge in [0.05, 0.1) is 11.6 Å². The van der Waals surface area contributed by atoms with Crippen LogP contribution in [0.4, 0.5) is 0 Å². The number of piperidine rings is 1. The number of aryl methyl sites for hydroxylation is 2. The van der Waals surface area contributed by atoms with Gasteiger partial charge in [-0.1, -0.05) is 35.8 Å². The van der Waals surface area contributed by atoms with Crippen LogP contribution in [0.3, 0.4) is 0 Å². The summed E-state index contributed by atoms with van der Waals surface area (Å²) in [7, 11) is 0. The van der Waals surface area contributed by atoms with Gasteiger partial charge in [-0.15, -0.1) is 0 Å². The van der Waals surface area contributed by atoms with Crippen LogP contribution < -0.4 is 0 Å². The van der Waals surface area contributed by atoms with Crippen molar-refractivity contribution in [1.29, 1.82) is 0 Å². The van der Waals surface area contributed by atoms with Crippen LogP contribution in [0.1, 0.15) is 68.4 Å². The molecule has 1 N–H and O–H groups in total. The third kappa shape index (κ3) is 5.13. The van der Waals surface area contributed by atoms with E-state index in [1.807, 2.05) is 20.8 Å². The van der Waals surface area contributed by atoms with E-state index in [1.165, 1.54) is 24.0 Å². The maximum atomic E-state index is 9.86. The molecular formula is C20H29N3O2. The van der Waals surface area contributed by atoms with Gasteiger partial charge >= 0.3 is 0 Å². The Kier molecular flexibility index (Phi) is 5.54. The summed E-state index contributed by atoms with van der Waals surface area (Å²) in [5.74, 6) is 1.45. The summed E-state index contributed by atoms with van der Waals surface area (Å²) in [5.41, 5.74) is 1.96. The number of aliphatic hydroxyl groups is 1. The van der Waals surface area contributed by atoms with Crippen LogP contribution in [-0.2, 0) is 13.0 Å². The largest absolute Gasteiger partial charge is 0.390 e. The molecule has 0 aliphatic carbocycles. The van der Waals surface area contributed by atoms with E-state index in [-0.39, 0.29) is 6.04 Å². The number of nitrogens with zero attached hydrogens (tertiary/aromatic N) is 3. The predicted molar refractivity (Wildman–Crippen MR) is 97.1 cm³/mol. The molecule has 2 aromatic rings. The van der Waals surface area contributed by atoms with E-state index >= 15 is 0 Å². The van der Waals surface area contributed by atoms with Crippen LogP contribution in [-0.4, -0.2) is 32.3 Å². The Morgan fingerprint density at radius 1 is 1.20 bits per heavy atom. The van der Waals surface area contributed by atoms with Gasteiger partial charge in [-0.05, 0) is 64.1 Å². The smallest absolute Gasteiger partial charge is 0.243 e. The molecule has 1 aliphatic rings. The van der Waals surface area contributed by atoms with E-state index in [0.29, 0.717) is 5.82 Å². The van der Waals surface area contributed by atoms with Crippen LogP contribution in [0, 0.1) is 6.92 Å². The monoisotopic (exact) mass is 343 g/mol. The van der Waals surface area contributed by atoms with E-state index in [4.69, 9.17) is 4.52 Å². The van der Waals surface area contributed by atoms with E-state index < -0.39 is 5.60 Å². The maximum absolute atomic E-state index is 9.86. The van der Waals surface area contributed by atoms with E-state index in [9.17, 15) is 5.11 Å². The quantitative estimate of drug-likeness (QED) is 0.864. The highest BCUT2D eigenvalue weighted by Crippen LogP contribution is 2.31. The highest BCUT2D eigenvalue weighted by Gasteiger charge is 2.28. The zero-order valence-corrected chi connectivity index (χ0v) is 15.5. The molecule has 0 saturated carbocycles. The van der Waals surface area contributed by atoms with Crippen molar-refractivity contribution < 1.29 is 9.63 Å². The van der Waals surface area contributed by atoms with E-state index in [1.54, 1.807) is 0 Å². The number of rotatable bonds is 6. The number of aromatic nitrogens is 2. The Balaban J connectivity index is 1.63. The fraction of sp³-hybridized carbons (Fsp3) is 0.600. The molecule has 1 atom stereocenters. The van der Waals surface area contributed by atoms with Crippen molar-refractivity contribution in [3.63, 3.8) is 0 Å². The number of benzene rings is 1. The minimum atomic E-state index is -0.609. The molecular weight excluding hydrogens is 314 g/mol. The molecule has 1 aliphatic heterocycles. The van der Waals surface area contributed by atoms with Gasteiger partial charge < -0.3 is 9.63 Å². The van der Waals surface area contributed by atoms with E-state index in [2.05, 4.69) is 39.3 Å². The molecule has 1 saturated heterocycles. The summed E-state index contributed by atoms with van der Waals surface area (Å²) in [6.07, 6.45) is 5.17. The standard InChI is InChI=1S/C20H29N3O2/c1-15-21-19(25-22-15)18-6-4-5-13-23(18)14-17-9-7-16(8-10-17)11-12-20(2,3)24/h7-10,18,24H,4-6,11-14H2,1-3H3/t18-/m1/s1. The molecule has 0 bridgehead atoms. The van der Waals surface area contributed by atoms with Gasteiger partial charge in [-0.25, -0.2) is 0 Å². The summed E-state index contributed by atoms with van der Waals surface area (Å²) >= 11 is 0. The number of likely N-dealkylation sites (tertiary alicyclic amines) is 1. The molecule has 25 heavy (non-hydrogen) atoms. The first kappa shape index (κ1) is 18.1. The lowest BCUT2D eigenvalue weighted by Crippen LogP contribution is -2.33. The first-order valence-corrected chi connectivity index (χ1v) is 9.25. The normalized spacial score (nSPS) is 19.3. The van der Waals surface area contributed by atoms with Crippen molar-refractivity contribution in [2.75, 3.05) is 6.54 Å². The highest BCUT2D eigenvalue weighted by atomic mass is 16.5. The Bertz CT molecular complexity index is 673. The van der Waals surface area contributed by atoms with Gasteiger partial charge in [-0.3, -0.25) is 4.90 Å². The summed E-state index contributed by atoms with van der Waals surface area (Å²) in [6.45, 7) is 7.55. The summed E-state index contributed by atoms with van der Waals surface area (Å²) in [6, 6.07) is 8.98. The van der Waals surface area contributed by atoms with Crippen molar-refractivity contribution in [3.05, 3.63) is 47.1 Å². The molecule has 0 radical (unpaired) electrons. The van der Waals surface area contributed by atoms with Crippen LogP contribution >= 0.6 is 0 Å². The lowest BCUT2D eigenvalue weighted by atomic mass is 9.97. The second kappa shape index (κ2) is 7.67. The van der Waals surface area contributed by atoms with Gasteiger partial charge in [0.1, 0.15) is 0 Å².